The number of carbonyl (C=O) groups is 1. The van der Waals surface area contributed by atoms with E-state index in [9.17, 15) is 4.79 Å². The van der Waals surface area contributed by atoms with E-state index in [1.807, 2.05) is 20.8 Å². The van der Waals surface area contributed by atoms with Gasteiger partial charge in [-0.15, -0.1) is 0 Å². The molecule has 0 aromatic heterocycles. The lowest BCUT2D eigenvalue weighted by Gasteiger charge is -2.14. The second-order valence-corrected chi connectivity index (χ2v) is 6.28. The van der Waals surface area contributed by atoms with Gasteiger partial charge in [0, 0.05) is 23.7 Å². The maximum Gasteiger partial charge on any atom is 0.226 e. The Morgan fingerprint density at radius 2 is 1.79 bits per heavy atom. The van der Waals surface area contributed by atoms with Crippen molar-refractivity contribution in [2.24, 2.45) is 0 Å². The zero-order chi connectivity index (χ0) is 17.7. The summed E-state index contributed by atoms with van der Waals surface area (Å²) in [6, 6.07) is 9.48. The van der Waals surface area contributed by atoms with Gasteiger partial charge in [0.15, 0.2) is 0 Å². The predicted molar refractivity (Wildman–Crippen MR) is 100 cm³/mol. The van der Waals surface area contributed by atoms with E-state index in [0.29, 0.717) is 23.7 Å². The van der Waals surface area contributed by atoms with Crippen LogP contribution in [0.3, 0.4) is 0 Å². The minimum Gasteiger partial charge on any atom is -0.495 e. The first-order chi connectivity index (χ1) is 11.4. The molecule has 1 amide bonds. The third kappa shape index (κ3) is 4.65. The second kappa shape index (κ2) is 8.06. The number of carbonyl (C=O) groups excluding carboxylic acids is 1. The van der Waals surface area contributed by atoms with E-state index in [0.717, 1.165) is 22.5 Å². The van der Waals surface area contributed by atoms with Crippen molar-refractivity contribution in [3.63, 3.8) is 0 Å². The van der Waals surface area contributed by atoms with Gasteiger partial charge in [0.2, 0.25) is 5.91 Å². The molecule has 0 saturated carbocycles. The van der Waals surface area contributed by atoms with Crippen molar-refractivity contribution < 1.29 is 9.53 Å². The average Bonchev–Trinajstić information content (AvgIpc) is 2.51. The smallest absolute Gasteiger partial charge is 0.226 e. The minimum absolute atomic E-state index is 0.0291. The summed E-state index contributed by atoms with van der Waals surface area (Å²) in [5, 5.41) is 6.80. The molecule has 2 aromatic rings. The fraction of sp³-hybridized carbons (Fsp3) is 0.316. The topological polar surface area (TPSA) is 50.4 Å². The van der Waals surface area contributed by atoms with Gasteiger partial charge in [-0.2, -0.15) is 0 Å². The lowest BCUT2D eigenvalue weighted by Crippen LogP contribution is -2.17. The maximum absolute atomic E-state index is 12.2. The lowest BCUT2D eigenvalue weighted by molar-refractivity contribution is -0.115. The van der Waals surface area contributed by atoms with Crippen LogP contribution in [0.15, 0.2) is 30.3 Å². The molecule has 2 aromatic carbocycles. The molecule has 24 heavy (non-hydrogen) atoms. The number of ether oxygens (including phenoxy) is 1. The first-order valence-electron chi connectivity index (χ1n) is 7.86. The summed E-state index contributed by atoms with van der Waals surface area (Å²) < 4.78 is 5.27. The van der Waals surface area contributed by atoms with Crippen LogP contribution >= 0.6 is 11.6 Å². The Kier molecular flexibility index (Phi) is 6.10. The van der Waals surface area contributed by atoms with Gasteiger partial charge in [-0.05, 0) is 50.1 Å². The first kappa shape index (κ1) is 18.1. The molecule has 0 aliphatic heterocycles. The van der Waals surface area contributed by atoms with Crippen LogP contribution in [0.2, 0.25) is 5.02 Å². The van der Waals surface area contributed by atoms with E-state index in [1.165, 1.54) is 5.56 Å². The number of halogens is 1. The molecule has 2 N–H and O–H groups in total. The summed E-state index contributed by atoms with van der Waals surface area (Å²) in [6.07, 6.45) is 0.350. The molecule has 0 fully saturated rings. The highest BCUT2D eigenvalue weighted by Gasteiger charge is 2.09. The van der Waals surface area contributed by atoms with Crippen molar-refractivity contribution in [1.29, 1.82) is 0 Å². The molecule has 0 heterocycles. The number of rotatable bonds is 6. The van der Waals surface area contributed by atoms with E-state index in [2.05, 4.69) is 22.8 Å². The number of methoxy groups -OCH3 is 1. The number of benzene rings is 2. The van der Waals surface area contributed by atoms with Crippen molar-refractivity contribution in [3.05, 3.63) is 52.0 Å². The number of hydrogen-bond donors (Lipinski definition) is 2. The van der Waals surface area contributed by atoms with Crippen LogP contribution in [0.25, 0.3) is 0 Å². The Labute approximate surface area is 148 Å². The molecule has 0 spiro atoms. The van der Waals surface area contributed by atoms with Crippen LogP contribution < -0.4 is 15.4 Å². The summed E-state index contributed by atoms with van der Waals surface area (Å²) in [7, 11) is 1.60. The molecule has 5 heteroatoms. The summed E-state index contributed by atoms with van der Waals surface area (Å²) >= 11 is 6.00. The van der Waals surface area contributed by atoms with Crippen LogP contribution in [0.1, 0.15) is 23.1 Å². The van der Waals surface area contributed by atoms with Gasteiger partial charge in [-0.25, -0.2) is 0 Å². The number of anilines is 2. The van der Waals surface area contributed by atoms with Crippen molar-refractivity contribution in [1.82, 2.24) is 0 Å². The number of nitrogens with one attached hydrogen (secondary N) is 2. The number of aryl methyl sites for hydroxylation is 3. The molecule has 0 unspecified atom stereocenters. The second-order valence-electron chi connectivity index (χ2n) is 5.84. The molecule has 0 bridgehead atoms. The summed E-state index contributed by atoms with van der Waals surface area (Å²) in [4.78, 5) is 12.2. The molecular weight excluding hydrogens is 324 g/mol. The quantitative estimate of drug-likeness (QED) is 0.796. The molecule has 2 rings (SSSR count). The zero-order valence-corrected chi connectivity index (χ0v) is 15.3. The Bertz CT molecular complexity index is 721. The van der Waals surface area contributed by atoms with Gasteiger partial charge in [0.05, 0.1) is 12.8 Å². The standard InChI is InChI=1S/C19H23ClN2O2/c1-12-9-13(2)19(14(3)10-12)22-18(23)7-8-21-16-11-15(20)5-6-17(16)24-4/h5-6,9-11,21H,7-8H2,1-4H3,(H,22,23). The monoisotopic (exact) mass is 346 g/mol. The Hall–Kier alpha value is -2.20. The van der Waals surface area contributed by atoms with Crippen molar-refractivity contribution in [2.75, 3.05) is 24.3 Å². The fourth-order valence-electron chi connectivity index (χ4n) is 2.71. The van der Waals surface area contributed by atoms with Gasteiger partial charge < -0.3 is 15.4 Å². The summed E-state index contributed by atoms with van der Waals surface area (Å²) in [6.45, 7) is 6.55. The molecule has 0 aliphatic rings. The molecule has 4 nitrogen and oxygen atoms in total. The summed E-state index contributed by atoms with van der Waals surface area (Å²) in [5.74, 6) is 0.670. The Morgan fingerprint density at radius 3 is 2.42 bits per heavy atom. The van der Waals surface area contributed by atoms with Crippen LogP contribution in [0.5, 0.6) is 5.75 Å². The zero-order valence-electron chi connectivity index (χ0n) is 14.5. The highest BCUT2D eigenvalue weighted by molar-refractivity contribution is 6.30. The van der Waals surface area contributed by atoms with Crippen LogP contribution in [-0.4, -0.2) is 19.6 Å². The highest BCUT2D eigenvalue weighted by atomic mass is 35.5. The molecule has 0 radical (unpaired) electrons. The number of amides is 1. The van der Waals surface area contributed by atoms with E-state index in [1.54, 1.807) is 25.3 Å². The average molecular weight is 347 g/mol. The van der Waals surface area contributed by atoms with Gasteiger partial charge in [0.25, 0.3) is 0 Å². The van der Waals surface area contributed by atoms with Crippen LogP contribution in [0, 0.1) is 20.8 Å². The van der Waals surface area contributed by atoms with E-state index in [-0.39, 0.29) is 5.91 Å². The highest BCUT2D eigenvalue weighted by Crippen LogP contribution is 2.27. The molecule has 0 aliphatic carbocycles. The molecule has 0 saturated heterocycles. The van der Waals surface area contributed by atoms with Gasteiger partial charge >= 0.3 is 0 Å². The van der Waals surface area contributed by atoms with E-state index in [4.69, 9.17) is 16.3 Å². The predicted octanol–water partition coefficient (Wildman–Crippen LogP) is 4.71. The Balaban J connectivity index is 1.94. The van der Waals surface area contributed by atoms with Gasteiger partial charge in [0.1, 0.15) is 5.75 Å². The lowest BCUT2D eigenvalue weighted by atomic mass is 10.1. The van der Waals surface area contributed by atoms with Crippen LogP contribution in [0.4, 0.5) is 11.4 Å². The molecular formula is C19H23ClN2O2. The largest absolute Gasteiger partial charge is 0.495 e. The fourth-order valence-corrected chi connectivity index (χ4v) is 2.88. The van der Waals surface area contributed by atoms with Gasteiger partial charge in [-0.3, -0.25) is 4.79 Å². The molecule has 0 atom stereocenters. The summed E-state index contributed by atoms with van der Waals surface area (Å²) in [5.41, 5.74) is 5.01. The van der Waals surface area contributed by atoms with Crippen molar-refractivity contribution in [3.8, 4) is 5.75 Å². The van der Waals surface area contributed by atoms with E-state index < -0.39 is 0 Å². The maximum atomic E-state index is 12.2. The van der Waals surface area contributed by atoms with Crippen LogP contribution in [-0.2, 0) is 4.79 Å². The Morgan fingerprint density at radius 1 is 1.12 bits per heavy atom. The van der Waals surface area contributed by atoms with E-state index >= 15 is 0 Å². The van der Waals surface area contributed by atoms with Crippen molar-refractivity contribution >= 4 is 28.9 Å². The molecule has 128 valence electrons. The SMILES string of the molecule is COc1ccc(Cl)cc1NCCC(=O)Nc1c(C)cc(C)cc1C. The van der Waals surface area contributed by atoms with Gasteiger partial charge in [-0.1, -0.05) is 29.3 Å². The normalized spacial score (nSPS) is 10.4. The first-order valence-corrected chi connectivity index (χ1v) is 8.23. The minimum atomic E-state index is -0.0291. The third-order valence-corrected chi connectivity index (χ3v) is 4.01. The third-order valence-electron chi connectivity index (χ3n) is 3.77. The van der Waals surface area contributed by atoms with Crippen molar-refractivity contribution in [2.45, 2.75) is 27.2 Å². The number of hydrogen-bond acceptors (Lipinski definition) is 3.